The second-order valence-corrected chi connectivity index (χ2v) is 6.36. The lowest BCUT2D eigenvalue weighted by Crippen LogP contribution is -2.30. The number of fused-ring (bicyclic) bond motifs is 1. The van der Waals surface area contributed by atoms with Gasteiger partial charge in [-0.25, -0.2) is 9.97 Å². The van der Waals surface area contributed by atoms with E-state index in [0.717, 1.165) is 45.0 Å². The van der Waals surface area contributed by atoms with E-state index >= 15 is 0 Å². The highest BCUT2D eigenvalue weighted by Crippen LogP contribution is 2.39. The molecule has 1 unspecified atom stereocenters. The minimum Gasteiger partial charge on any atom is -0.381 e. The monoisotopic (exact) mass is 273 g/mol. The molecule has 4 rings (SSSR count). The Labute approximate surface area is 120 Å². The highest BCUT2D eigenvalue weighted by atomic mass is 16.5. The molecule has 3 aliphatic rings. The highest BCUT2D eigenvalue weighted by molar-refractivity contribution is 5.32. The first-order valence-corrected chi connectivity index (χ1v) is 8.10. The molecule has 0 bridgehead atoms. The lowest BCUT2D eigenvalue weighted by molar-refractivity contribution is 0.0778. The summed E-state index contributed by atoms with van der Waals surface area (Å²) in [6.07, 6.45) is 7.36. The molecular formula is C16H23N3O. The molecule has 4 heteroatoms. The number of ether oxygens (including phenoxy) is 1. The van der Waals surface area contributed by atoms with Crippen molar-refractivity contribution in [1.82, 2.24) is 15.3 Å². The van der Waals surface area contributed by atoms with Gasteiger partial charge >= 0.3 is 0 Å². The van der Waals surface area contributed by atoms with Gasteiger partial charge in [-0.15, -0.1) is 0 Å². The zero-order valence-electron chi connectivity index (χ0n) is 12.0. The molecule has 1 aromatic heterocycles. The molecule has 1 saturated heterocycles. The summed E-state index contributed by atoms with van der Waals surface area (Å²) < 4.78 is 5.63. The van der Waals surface area contributed by atoms with Crippen molar-refractivity contribution in [2.75, 3.05) is 19.8 Å². The van der Waals surface area contributed by atoms with Gasteiger partial charge in [0, 0.05) is 43.5 Å². The minimum atomic E-state index is 0.419. The molecule has 1 saturated carbocycles. The molecule has 1 aliphatic carbocycles. The Morgan fingerprint density at radius 2 is 1.95 bits per heavy atom. The number of nitrogens with one attached hydrogen (secondary N) is 1. The van der Waals surface area contributed by atoms with Gasteiger partial charge < -0.3 is 10.1 Å². The van der Waals surface area contributed by atoms with Gasteiger partial charge in [-0.05, 0) is 25.7 Å². The van der Waals surface area contributed by atoms with E-state index in [1.165, 1.54) is 42.6 Å². The Hall–Kier alpha value is -1.00. The van der Waals surface area contributed by atoms with E-state index in [9.17, 15) is 0 Å². The summed E-state index contributed by atoms with van der Waals surface area (Å²) in [5, 5.41) is 3.48. The Morgan fingerprint density at radius 3 is 2.70 bits per heavy atom. The van der Waals surface area contributed by atoms with Crippen molar-refractivity contribution < 1.29 is 4.74 Å². The van der Waals surface area contributed by atoms with Crippen LogP contribution in [0.25, 0.3) is 0 Å². The van der Waals surface area contributed by atoms with Crippen molar-refractivity contribution in [3.05, 3.63) is 22.8 Å². The van der Waals surface area contributed by atoms with E-state index in [2.05, 4.69) is 5.32 Å². The molecular weight excluding hydrogens is 250 g/mol. The second kappa shape index (κ2) is 5.41. The number of hydrogen-bond acceptors (Lipinski definition) is 4. The number of nitrogens with zero attached hydrogens (tertiary/aromatic N) is 2. The standard InChI is InChI=1S/C16H23N3O/c1-3-11(4-1)15-13-9-17-7-6-14(13)18-16(19-15)12-5-2-8-20-10-12/h11-12,17H,1-10H2. The molecule has 1 aromatic rings. The second-order valence-electron chi connectivity index (χ2n) is 6.36. The van der Waals surface area contributed by atoms with Crippen molar-refractivity contribution in [3.63, 3.8) is 0 Å². The molecule has 4 nitrogen and oxygen atoms in total. The fourth-order valence-electron chi connectivity index (χ4n) is 3.54. The first kappa shape index (κ1) is 12.7. The van der Waals surface area contributed by atoms with Crippen molar-refractivity contribution in [1.29, 1.82) is 0 Å². The first-order chi connectivity index (χ1) is 9.92. The van der Waals surface area contributed by atoms with Gasteiger partial charge in [0.2, 0.25) is 0 Å². The van der Waals surface area contributed by atoms with Crippen LogP contribution in [0, 0.1) is 0 Å². The largest absolute Gasteiger partial charge is 0.381 e. The maximum atomic E-state index is 5.63. The molecule has 0 aromatic carbocycles. The summed E-state index contributed by atoms with van der Waals surface area (Å²) in [7, 11) is 0. The van der Waals surface area contributed by atoms with E-state index in [1.807, 2.05) is 0 Å². The quantitative estimate of drug-likeness (QED) is 0.898. The Kier molecular flexibility index (Phi) is 3.44. The Balaban J connectivity index is 1.71. The fourth-order valence-corrected chi connectivity index (χ4v) is 3.54. The van der Waals surface area contributed by atoms with Crippen molar-refractivity contribution >= 4 is 0 Å². The summed E-state index contributed by atoms with van der Waals surface area (Å²) in [5.41, 5.74) is 4.07. The van der Waals surface area contributed by atoms with Gasteiger partial charge in [0.15, 0.2) is 0 Å². The van der Waals surface area contributed by atoms with E-state index in [-0.39, 0.29) is 0 Å². The third kappa shape index (κ3) is 2.25. The van der Waals surface area contributed by atoms with E-state index in [1.54, 1.807) is 0 Å². The summed E-state index contributed by atoms with van der Waals surface area (Å²) in [6, 6.07) is 0. The average molecular weight is 273 g/mol. The van der Waals surface area contributed by atoms with Gasteiger partial charge in [0.25, 0.3) is 0 Å². The third-order valence-corrected chi connectivity index (χ3v) is 5.00. The molecule has 0 radical (unpaired) electrons. The number of aromatic nitrogens is 2. The van der Waals surface area contributed by atoms with Gasteiger partial charge in [-0.3, -0.25) is 0 Å². The van der Waals surface area contributed by atoms with Crippen LogP contribution in [0.5, 0.6) is 0 Å². The molecule has 1 atom stereocenters. The van der Waals surface area contributed by atoms with Crippen LogP contribution in [0.4, 0.5) is 0 Å². The van der Waals surface area contributed by atoms with Gasteiger partial charge in [0.05, 0.1) is 18.0 Å². The first-order valence-electron chi connectivity index (χ1n) is 8.10. The molecule has 1 N–H and O–H groups in total. The van der Waals surface area contributed by atoms with Crippen molar-refractivity contribution in [2.45, 2.75) is 56.9 Å². The van der Waals surface area contributed by atoms with E-state index in [0.29, 0.717) is 11.8 Å². The lowest BCUT2D eigenvalue weighted by atomic mass is 9.80. The molecule has 2 fully saturated rings. The maximum Gasteiger partial charge on any atom is 0.134 e. The van der Waals surface area contributed by atoms with E-state index < -0.39 is 0 Å². The Bertz CT molecular complexity index is 493. The lowest BCUT2D eigenvalue weighted by Gasteiger charge is -2.31. The van der Waals surface area contributed by atoms with Crippen LogP contribution >= 0.6 is 0 Å². The van der Waals surface area contributed by atoms with Crippen LogP contribution in [0.1, 0.15) is 66.7 Å². The van der Waals surface area contributed by atoms with Crippen LogP contribution in [0.15, 0.2) is 0 Å². The van der Waals surface area contributed by atoms with Gasteiger partial charge in [-0.1, -0.05) is 6.42 Å². The van der Waals surface area contributed by atoms with Gasteiger partial charge in [-0.2, -0.15) is 0 Å². The number of hydrogen-bond donors (Lipinski definition) is 1. The number of rotatable bonds is 2. The topological polar surface area (TPSA) is 47.0 Å². The normalized spacial score (nSPS) is 26.9. The molecule has 2 aliphatic heterocycles. The smallest absolute Gasteiger partial charge is 0.134 e. The summed E-state index contributed by atoms with van der Waals surface area (Å²) >= 11 is 0. The SMILES string of the molecule is C1COCC(c2nc3c(c(C4CCC4)n2)CNCC3)C1. The predicted molar refractivity (Wildman–Crippen MR) is 76.8 cm³/mol. The van der Waals surface area contributed by atoms with Crippen molar-refractivity contribution in [2.24, 2.45) is 0 Å². The molecule has 0 spiro atoms. The van der Waals surface area contributed by atoms with Crippen LogP contribution < -0.4 is 5.32 Å². The van der Waals surface area contributed by atoms with E-state index in [4.69, 9.17) is 14.7 Å². The summed E-state index contributed by atoms with van der Waals surface area (Å²) in [5.74, 6) is 2.17. The maximum absolute atomic E-state index is 5.63. The summed E-state index contributed by atoms with van der Waals surface area (Å²) in [4.78, 5) is 9.91. The Morgan fingerprint density at radius 1 is 1.05 bits per heavy atom. The zero-order chi connectivity index (χ0) is 13.4. The van der Waals surface area contributed by atoms with Crippen LogP contribution in [-0.2, 0) is 17.7 Å². The van der Waals surface area contributed by atoms with Gasteiger partial charge in [0.1, 0.15) is 5.82 Å². The summed E-state index contributed by atoms with van der Waals surface area (Å²) in [6.45, 7) is 3.72. The molecule has 0 amide bonds. The molecule has 3 heterocycles. The molecule has 20 heavy (non-hydrogen) atoms. The zero-order valence-corrected chi connectivity index (χ0v) is 12.0. The third-order valence-electron chi connectivity index (χ3n) is 5.00. The van der Waals surface area contributed by atoms with Crippen LogP contribution in [-0.4, -0.2) is 29.7 Å². The minimum absolute atomic E-state index is 0.419. The van der Waals surface area contributed by atoms with Crippen LogP contribution in [0.3, 0.4) is 0 Å². The van der Waals surface area contributed by atoms with Crippen molar-refractivity contribution in [3.8, 4) is 0 Å². The highest BCUT2D eigenvalue weighted by Gasteiger charge is 2.29. The average Bonchev–Trinajstić information content (AvgIpc) is 2.46. The fraction of sp³-hybridized carbons (Fsp3) is 0.750. The molecule has 108 valence electrons. The predicted octanol–water partition coefficient (Wildman–Crippen LogP) is 2.28. The van der Waals surface area contributed by atoms with Crippen LogP contribution in [0.2, 0.25) is 0 Å².